The molecule has 0 spiro atoms. The van der Waals surface area contributed by atoms with Crippen LogP contribution in [0.25, 0.3) is 0 Å². The predicted octanol–water partition coefficient (Wildman–Crippen LogP) is 3.23. The fraction of sp³-hybridized carbons (Fsp3) is 0.250. The highest BCUT2D eigenvalue weighted by molar-refractivity contribution is 7.98. The Balaban J connectivity index is 1.62. The normalized spacial score (nSPS) is 10.4. The molecule has 2 rings (SSSR count). The molecular formula is C16H15F2NO3S2. The first-order valence-electron chi connectivity index (χ1n) is 7.05. The van der Waals surface area contributed by atoms with Gasteiger partial charge in [-0.05, 0) is 23.6 Å². The van der Waals surface area contributed by atoms with Crippen molar-refractivity contribution in [1.82, 2.24) is 5.32 Å². The van der Waals surface area contributed by atoms with Crippen LogP contribution in [0.2, 0.25) is 0 Å². The maximum absolute atomic E-state index is 13.4. The number of rotatable bonds is 8. The van der Waals surface area contributed by atoms with Crippen molar-refractivity contribution in [3.63, 3.8) is 0 Å². The maximum atomic E-state index is 13.4. The van der Waals surface area contributed by atoms with Crippen molar-refractivity contribution in [2.75, 3.05) is 18.9 Å². The van der Waals surface area contributed by atoms with Crippen molar-refractivity contribution in [3.8, 4) is 0 Å². The number of esters is 1. The molecule has 2 aromatic rings. The van der Waals surface area contributed by atoms with E-state index < -0.39 is 35.7 Å². The lowest BCUT2D eigenvalue weighted by molar-refractivity contribution is -0.124. The SMILES string of the molecule is O=C(COC(=O)c1ccc(F)cc1F)NCCSCc1cccs1. The number of benzene rings is 1. The molecule has 8 heteroatoms. The van der Waals surface area contributed by atoms with E-state index in [0.29, 0.717) is 12.6 Å². The molecule has 0 saturated carbocycles. The number of ether oxygens (including phenoxy) is 1. The zero-order valence-electron chi connectivity index (χ0n) is 12.6. The van der Waals surface area contributed by atoms with Crippen LogP contribution in [0.15, 0.2) is 35.7 Å². The Kier molecular flexibility index (Phi) is 7.20. The average Bonchev–Trinajstić information content (AvgIpc) is 3.05. The van der Waals surface area contributed by atoms with Gasteiger partial charge in [0.25, 0.3) is 5.91 Å². The molecule has 0 unspecified atom stereocenters. The molecule has 0 aliphatic heterocycles. The second-order valence-electron chi connectivity index (χ2n) is 4.68. The zero-order chi connectivity index (χ0) is 17.4. The van der Waals surface area contributed by atoms with Crippen LogP contribution in [-0.4, -0.2) is 30.8 Å². The van der Waals surface area contributed by atoms with E-state index in [4.69, 9.17) is 4.74 Å². The second kappa shape index (κ2) is 9.39. The number of halogens is 2. The van der Waals surface area contributed by atoms with Gasteiger partial charge >= 0.3 is 5.97 Å². The number of amides is 1. The zero-order valence-corrected chi connectivity index (χ0v) is 14.2. The topological polar surface area (TPSA) is 55.4 Å². The molecule has 0 bridgehead atoms. The summed E-state index contributed by atoms with van der Waals surface area (Å²) in [5.74, 6) is -1.68. The van der Waals surface area contributed by atoms with Crippen molar-refractivity contribution in [3.05, 3.63) is 57.8 Å². The highest BCUT2D eigenvalue weighted by atomic mass is 32.2. The Hall–Kier alpha value is -1.93. The van der Waals surface area contributed by atoms with Crippen molar-refractivity contribution >= 4 is 35.0 Å². The van der Waals surface area contributed by atoms with Crippen LogP contribution in [0, 0.1) is 11.6 Å². The largest absolute Gasteiger partial charge is 0.452 e. The molecule has 128 valence electrons. The lowest BCUT2D eigenvalue weighted by Crippen LogP contribution is -2.30. The molecule has 1 aromatic heterocycles. The summed E-state index contributed by atoms with van der Waals surface area (Å²) in [7, 11) is 0. The third-order valence-electron chi connectivity index (χ3n) is 2.88. The number of hydrogen-bond acceptors (Lipinski definition) is 5. The molecule has 0 aliphatic carbocycles. The van der Waals surface area contributed by atoms with Crippen LogP contribution < -0.4 is 5.32 Å². The summed E-state index contributed by atoms with van der Waals surface area (Å²) in [6.45, 7) is -0.0669. The number of thioether (sulfide) groups is 1. The summed E-state index contributed by atoms with van der Waals surface area (Å²) in [5, 5.41) is 4.62. The second-order valence-corrected chi connectivity index (χ2v) is 6.82. The number of hydrogen-bond donors (Lipinski definition) is 1. The first kappa shape index (κ1) is 18.4. The van der Waals surface area contributed by atoms with Gasteiger partial charge in [0, 0.05) is 29.0 Å². The van der Waals surface area contributed by atoms with E-state index in [1.54, 1.807) is 23.1 Å². The molecular weight excluding hydrogens is 356 g/mol. The highest BCUT2D eigenvalue weighted by Gasteiger charge is 2.15. The Bertz CT molecular complexity index is 693. The van der Waals surface area contributed by atoms with Gasteiger partial charge < -0.3 is 10.1 Å². The van der Waals surface area contributed by atoms with Gasteiger partial charge in [0.1, 0.15) is 11.6 Å². The molecule has 1 aromatic carbocycles. The quantitative estimate of drug-likeness (QED) is 0.572. The Labute approximate surface area is 146 Å². The minimum Gasteiger partial charge on any atom is -0.452 e. The predicted molar refractivity (Wildman–Crippen MR) is 90.1 cm³/mol. The van der Waals surface area contributed by atoms with E-state index in [0.717, 1.165) is 23.6 Å². The third kappa shape index (κ3) is 5.93. The van der Waals surface area contributed by atoms with Gasteiger partial charge in [0.2, 0.25) is 0 Å². The molecule has 1 amide bonds. The molecule has 0 atom stereocenters. The molecule has 0 saturated heterocycles. The van der Waals surface area contributed by atoms with Crippen LogP contribution in [-0.2, 0) is 15.3 Å². The van der Waals surface area contributed by atoms with E-state index in [9.17, 15) is 18.4 Å². The smallest absolute Gasteiger partial charge is 0.341 e. The number of thiophene rings is 1. The summed E-state index contributed by atoms with van der Waals surface area (Å²) in [5.41, 5.74) is -0.407. The minimum absolute atomic E-state index is 0.407. The van der Waals surface area contributed by atoms with E-state index in [1.807, 2.05) is 17.5 Å². The van der Waals surface area contributed by atoms with Crippen molar-refractivity contribution in [1.29, 1.82) is 0 Å². The molecule has 4 nitrogen and oxygen atoms in total. The lowest BCUT2D eigenvalue weighted by atomic mass is 10.2. The van der Waals surface area contributed by atoms with Crippen LogP contribution in [0.3, 0.4) is 0 Å². The van der Waals surface area contributed by atoms with Gasteiger partial charge in [-0.2, -0.15) is 11.8 Å². The van der Waals surface area contributed by atoms with Gasteiger partial charge in [-0.1, -0.05) is 6.07 Å². The van der Waals surface area contributed by atoms with Gasteiger partial charge in [-0.25, -0.2) is 13.6 Å². The summed E-state index contributed by atoms with van der Waals surface area (Å²) in [6, 6.07) is 6.54. The Morgan fingerprint density at radius 1 is 1.25 bits per heavy atom. The summed E-state index contributed by atoms with van der Waals surface area (Å²) < 4.78 is 30.9. The fourth-order valence-corrected chi connectivity index (χ4v) is 3.44. The van der Waals surface area contributed by atoms with Crippen molar-refractivity contribution in [2.24, 2.45) is 0 Å². The molecule has 1 N–H and O–H groups in total. The first-order valence-corrected chi connectivity index (χ1v) is 9.08. The molecule has 0 radical (unpaired) electrons. The molecule has 24 heavy (non-hydrogen) atoms. The number of nitrogens with one attached hydrogen (secondary N) is 1. The van der Waals surface area contributed by atoms with E-state index in [-0.39, 0.29) is 0 Å². The van der Waals surface area contributed by atoms with Crippen LogP contribution in [0.1, 0.15) is 15.2 Å². The number of carbonyl (C=O) groups excluding carboxylic acids is 2. The van der Waals surface area contributed by atoms with E-state index in [2.05, 4.69) is 5.32 Å². The molecule has 0 aliphatic rings. The van der Waals surface area contributed by atoms with Gasteiger partial charge in [-0.3, -0.25) is 4.79 Å². The average molecular weight is 371 g/mol. The van der Waals surface area contributed by atoms with Gasteiger partial charge in [0.05, 0.1) is 5.56 Å². The Morgan fingerprint density at radius 2 is 2.08 bits per heavy atom. The summed E-state index contributed by atoms with van der Waals surface area (Å²) in [6.07, 6.45) is 0. The van der Waals surface area contributed by atoms with Crippen molar-refractivity contribution < 1.29 is 23.1 Å². The van der Waals surface area contributed by atoms with Crippen LogP contribution in [0.5, 0.6) is 0 Å². The molecule has 0 fully saturated rings. The molecule has 1 heterocycles. The van der Waals surface area contributed by atoms with Gasteiger partial charge in [-0.15, -0.1) is 11.3 Å². The number of carbonyl (C=O) groups is 2. The van der Waals surface area contributed by atoms with Crippen LogP contribution in [0.4, 0.5) is 8.78 Å². The monoisotopic (exact) mass is 371 g/mol. The Morgan fingerprint density at radius 3 is 2.79 bits per heavy atom. The highest BCUT2D eigenvalue weighted by Crippen LogP contribution is 2.16. The summed E-state index contributed by atoms with van der Waals surface area (Å²) >= 11 is 3.36. The van der Waals surface area contributed by atoms with E-state index in [1.165, 1.54) is 4.88 Å². The van der Waals surface area contributed by atoms with Gasteiger partial charge in [0.15, 0.2) is 6.61 Å². The maximum Gasteiger partial charge on any atom is 0.341 e. The fourth-order valence-electron chi connectivity index (χ4n) is 1.74. The third-order valence-corrected chi connectivity index (χ3v) is 4.95. The van der Waals surface area contributed by atoms with Crippen molar-refractivity contribution in [2.45, 2.75) is 5.75 Å². The summed E-state index contributed by atoms with van der Waals surface area (Å²) in [4.78, 5) is 24.4. The van der Waals surface area contributed by atoms with Crippen LogP contribution >= 0.6 is 23.1 Å². The standard InChI is InChI=1S/C16H15F2NO3S2/c17-11-3-4-13(14(18)8-11)16(21)22-9-15(20)19-5-7-23-10-12-2-1-6-24-12/h1-4,6,8H,5,7,9-10H2,(H,19,20). The first-order chi connectivity index (χ1) is 11.6. The van der Waals surface area contributed by atoms with E-state index >= 15 is 0 Å². The minimum atomic E-state index is -1.02. The lowest BCUT2D eigenvalue weighted by Gasteiger charge is -2.07.